The highest BCUT2D eigenvalue weighted by molar-refractivity contribution is 6.30. The lowest BCUT2D eigenvalue weighted by Crippen LogP contribution is -2.09. The Morgan fingerprint density at radius 2 is 1.77 bits per heavy atom. The van der Waals surface area contributed by atoms with E-state index in [4.69, 9.17) is 11.6 Å². The van der Waals surface area contributed by atoms with Crippen LogP contribution in [0.25, 0.3) is 0 Å². The molecule has 0 saturated carbocycles. The summed E-state index contributed by atoms with van der Waals surface area (Å²) in [5.41, 5.74) is 0. The third-order valence-electron chi connectivity index (χ3n) is 2.32. The van der Waals surface area contributed by atoms with E-state index >= 15 is 0 Å². The highest BCUT2D eigenvalue weighted by Gasteiger charge is 2.09. The molecule has 1 atom stereocenters. The molecule has 0 aliphatic carbocycles. The van der Waals surface area contributed by atoms with Crippen molar-refractivity contribution in [2.24, 2.45) is 11.8 Å². The molecule has 0 fully saturated rings. The molecule has 0 amide bonds. The van der Waals surface area contributed by atoms with Crippen LogP contribution in [-0.2, 0) is 6.42 Å². The van der Waals surface area contributed by atoms with Gasteiger partial charge in [0.2, 0.25) is 0 Å². The van der Waals surface area contributed by atoms with E-state index < -0.39 is 0 Å². The molecule has 0 N–H and O–H groups in total. The van der Waals surface area contributed by atoms with Crippen molar-refractivity contribution in [2.45, 2.75) is 27.2 Å². The summed E-state index contributed by atoms with van der Waals surface area (Å²) in [4.78, 5) is 8.32. The molecule has 1 aromatic rings. The lowest BCUT2D eigenvalue weighted by atomic mass is 9.94. The zero-order valence-electron chi connectivity index (χ0n) is 8.29. The van der Waals surface area contributed by atoms with Gasteiger partial charge in [-0.15, -0.1) is 0 Å². The first-order valence-electron chi connectivity index (χ1n) is 4.56. The van der Waals surface area contributed by atoms with Crippen LogP contribution in [-0.4, -0.2) is 9.97 Å². The minimum Gasteiger partial charge on any atom is -0.240 e. The van der Waals surface area contributed by atoms with E-state index in [9.17, 15) is 0 Å². The monoisotopic (exact) mass is 198 g/mol. The Balaban J connectivity index is 2.59. The molecule has 0 aliphatic heterocycles. The fraction of sp³-hybridized carbons (Fsp3) is 0.600. The molecule has 1 rings (SSSR count). The van der Waals surface area contributed by atoms with Crippen LogP contribution in [0.5, 0.6) is 0 Å². The summed E-state index contributed by atoms with van der Waals surface area (Å²) in [6.45, 7) is 6.63. The molecular weight excluding hydrogens is 184 g/mol. The van der Waals surface area contributed by atoms with Crippen molar-refractivity contribution in [1.29, 1.82) is 0 Å². The maximum Gasteiger partial charge on any atom is 0.128 e. The molecule has 0 radical (unpaired) electrons. The minimum atomic E-state index is 0.598. The summed E-state index contributed by atoms with van der Waals surface area (Å²) < 4.78 is 0. The molecule has 0 bridgehead atoms. The first-order valence-corrected chi connectivity index (χ1v) is 4.94. The first-order chi connectivity index (χ1) is 6.09. The van der Waals surface area contributed by atoms with E-state index in [0.717, 1.165) is 12.2 Å². The number of hydrogen-bond donors (Lipinski definition) is 0. The lowest BCUT2D eigenvalue weighted by Gasteiger charge is -2.13. The molecule has 0 aliphatic rings. The van der Waals surface area contributed by atoms with Gasteiger partial charge in [0.1, 0.15) is 5.82 Å². The Labute approximate surface area is 84.4 Å². The average molecular weight is 199 g/mol. The second-order valence-corrected chi connectivity index (χ2v) is 4.18. The van der Waals surface area contributed by atoms with Crippen LogP contribution in [0.3, 0.4) is 0 Å². The predicted molar refractivity (Wildman–Crippen MR) is 54.7 cm³/mol. The minimum absolute atomic E-state index is 0.598. The highest BCUT2D eigenvalue weighted by atomic mass is 35.5. The Morgan fingerprint density at radius 3 is 2.23 bits per heavy atom. The maximum atomic E-state index is 5.69. The molecule has 1 unspecified atom stereocenters. The van der Waals surface area contributed by atoms with Gasteiger partial charge >= 0.3 is 0 Å². The number of halogens is 1. The SMILES string of the molecule is CC(C)C(C)Cc1ncc(Cl)cn1. The number of rotatable bonds is 3. The van der Waals surface area contributed by atoms with Gasteiger partial charge in [0.25, 0.3) is 0 Å². The van der Waals surface area contributed by atoms with Crippen molar-refractivity contribution in [1.82, 2.24) is 9.97 Å². The molecule has 1 heterocycles. The topological polar surface area (TPSA) is 25.8 Å². The van der Waals surface area contributed by atoms with E-state index in [1.54, 1.807) is 12.4 Å². The normalized spacial score (nSPS) is 13.3. The molecule has 0 aromatic carbocycles. The van der Waals surface area contributed by atoms with Crippen LogP contribution in [0.15, 0.2) is 12.4 Å². The van der Waals surface area contributed by atoms with Crippen molar-refractivity contribution >= 4 is 11.6 Å². The largest absolute Gasteiger partial charge is 0.240 e. The van der Waals surface area contributed by atoms with Crippen LogP contribution in [0.4, 0.5) is 0 Å². The number of nitrogens with zero attached hydrogens (tertiary/aromatic N) is 2. The predicted octanol–water partition coefficient (Wildman–Crippen LogP) is 2.96. The van der Waals surface area contributed by atoms with E-state index in [-0.39, 0.29) is 0 Å². The van der Waals surface area contributed by atoms with Gasteiger partial charge in [-0.3, -0.25) is 0 Å². The summed E-state index contributed by atoms with van der Waals surface area (Å²) in [5, 5.41) is 0.598. The van der Waals surface area contributed by atoms with E-state index in [1.807, 2.05) is 0 Å². The van der Waals surface area contributed by atoms with Crippen molar-refractivity contribution in [3.8, 4) is 0 Å². The Morgan fingerprint density at radius 1 is 1.23 bits per heavy atom. The van der Waals surface area contributed by atoms with Gasteiger partial charge in [-0.05, 0) is 11.8 Å². The lowest BCUT2D eigenvalue weighted by molar-refractivity contribution is 0.409. The van der Waals surface area contributed by atoms with Crippen molar-refractivity contribution in [3.05, 3.63) is 23.2 Å². The van der Waals surface area contributed by atoms with Gasteiger partial charge < -0.3 is 0 Å². The highest BCUT2D eigenvalue weighted by Crippen LogP contribution is 2.14. The fourth-order valence-corrected chi connectivity index (χ4v) is 1.07. The quantitative estimate of drug-likeness (QED) is 0.747. The molecule has 0 saturated heterocycles. The second-order valence-electron chi connectivity index (χ2n) is 3.74. The van der Waals surface area contributed by atoms with Crippen LogP contribution >= 0.6 is 11.6 Å². The molecular formula is C10H15ClN2. The molecule has 3 heteroatoms. The van der Waals surface area contributed by atoms with Gasteiger partial charge in [0.15, 0.2) is 0 Å². The van der Waals surface area contributed by atoms with E-state index in [1.165, 1.54) is 0 Å². The summed E-state index contributed by atoms with van der Waals surface area (Å²) in [6, 6.07) is 0. The molecule has 72 valence electrons. The zero-order valence-corrected chi connectivity index (χ0v) is 9.04. The summed E-state index contributed by atoms with van der Waals surface area (Å²) in [5.74, 6) is 2.16. The standard InChI is InChI=1S/C10H15ClN2/c1-7(2)8(3)4-10-12-5-9(11)6-13-10/h5-8H,4H2,1-3H3. The maximum absolute atomic E-state index is 5.69. The van der Waals surface area contributed by atoms with Gasteiger partial charge in [-0.1, -0.05) is 32.4 Å². The molecule has 0 spiro atoms. The zero-order chi connectivity index (χ0) is 9.84. The van der Waals surface area contributed by atoms with Crippen LogP contribution in [0.2, 0.25) is 5.02 Å². The molecule has 13 heavy (non-hydrogen) atoms. The van der Waals surface area contributed by atoms with Crippen molar-refractivity contribution < 1.29 is 0 Å². The summed E-state index contributed by atoms with van der Waals surface area (Å²) in [6.07, 6.45) is 4.22. The average Bonchev–Trinajstić information content (AvgIpc) is 2.08. The number of aromatic nitrogens is 2. The fourth-order valence-electron chi connectivity index (χ4n) is 0.968. The van der Waals surface area contributed by atoms with Gasteiger partial charge in [0.05, 0.1) is 5.02 Å². The third-order valence-corrected chi connectivity index (χ3v) is 2.51. The van der Waals surface area contributed by atoms with Gasteiger partial charge in [-0.2, -0.15) is 0 Å². The molecule has 2 nitrogen and oxygen atoms in total. The van der Waals surface area contributed by atoms with Crippen molar-refractivity contribution in [3.63, 3.8) is 0 Å². The Bertz CT molecular complexity index is 256. The van der Waals surface area contributed by atoms with Gasteiger partial charge in [0, 0.05) is 18.8 Å². The Kier molecular flexibility index (Phi) is 3.67. The first kappa shape index (κ1) is 10.5. The number of hydrogen-bond acceptors (Lipinski definition) is 2. The Hall–Kier alpha value is -0.630. The summed E-state index contributed by atoms with van der Waals surface area (Å²) >= 11 is 5.69. The van der Waals surface area contributed by atoms with E-state index in [0.29, 0.717) is 16.9 Å². The smallest absolute Gasteiger partial charge is 0.128 e. The summed E-state index contributed by atoms with van der Waals surface area (Å²) in [7, 11) is 0. The molecule has 1 aromatic heterocycles. The van der Waals surface area contributed by atoms with Crippen LogP contribution < -0.4 is 0 Å². The van der Waals surface area contributed by atoms with Crippen LogP contribution in [0.1, 0.15) is 26.6 Å². The van der Waals surface area contributed by atoms with Gasteiger partial charge in [-0.25, -0.2) is 9.97 Å². The van der Waals surface area contributed by atoms with E-state index in [2.05, 4.69) is 30.7 Å². The second kappa shape index (κ2) is 4.56. The van der Waals surface area contributed by atoms with Crippen molar-refractivity contribution in [2.75, 3.05) is 0 Å². The van der Waals surface area contributed by atoms with Crippen LogP contribution in [0, 0.1) is 11.8 Å². The third kappa shape index (κ3) is 3.31.